The van der Waals surface area contributed by atoms with Crippen LogP contribution in [0, 0.1) is 13.8 Å². The second kappa shape index (κ2) is 8.09. The smallest absolute Gasteiger partial charge is 0.291 e. The lowest BCUT2D eigenvalue weighted by molar-refractivity contribution is -0.116. The van der Waals surface area contributed by atoms with Gasteiger partial charge in [-0.15, -0.1) is 11.8 Å². The summed E-state index contributed by atoms with van der Waals surface area (Å²) in [6.07, 6.45) is 1.69. The Kier molecular flexibility index (Phi) is 5.62. The van der Waals surface area contributed by atoms with Crippen molar-refractivity contribution in [3.63, 3.8) is 0 Å². The summed E-state index contributed by atoms with van der Waals surface area (Å²) in [7, 11) is 0. The van der Waals surface area contributed by atoms with Gasteiger partial charge in [0.2, 0.25) is 0 Å². The fourth-order valence-electron chi connectivity index (χ4n) is 2.40. The average molecular weight is 372 g/mol. The van der Waals surface area contributed by atoms with Crippen molar-refractivity contribution in [2.24, 2.45) is 0 Å². The van der Waals surface area contributed by atoms with E-state index in [9.17, 15) is 9.59 Å². The molecular formula is C18H20N4O3S. The van der Waals surface area contributed by atoms with Gasteiger partial charge in [0.15, 0.2) is 5.76 Å². The molecule has 0 bridgehead atoms. The molecule has 8 heteroatoms. The van der Waals surface area contributed by atoms with Gasteiger partial charge in [-0.2, -0.15) is 5.10 Å². The molecule has 0 aliphatic carbocycles. The van der Waals surface area contributed by atoms with E-state index in [-0.39, 0.29) is 11.8 Å². The summed E-state index contributed by atoms with van der Waals surface area (Å²) in [5, 5.41) is 14.1. The molecule has 3 N–H and O–H groups in total. The molecule has 2 aromatic rings. The van der Waals surface area contributed by atoms with Gasteiger partial charge in [-0.25, -0.2) is 0 Å². The number of carbonyl (C=O) groups excluding carboxylic acids is 2. The van der Waals surface area contributed by atoms with Crippen LogP contribution in [0.3, 0.4) is 0 Å². The maximum Gasteiger partial charge on any atom is 0.291 e. The molecule has 0 radical (unpaired) electrons. The number of ether oxygens (including phenoxy) is 1. The van der Waals surface area contributed by atoms with Crippen LogP contribution in [0.4, 0.5) is 5.69 Å². The summed E-state index contributed by atoms with van der Waals surface area (Å²) >= 11 is 1.54. The van der Waals surface area contributed by atoms with Gasteiger partial charge >= 0.3 is 0 Å². The molecule has 0 fully saturated rings. The average Bonchev–Trinajstić information content (AvgIpc) is 3.07. The Morgan fingerprint density at radius 1 is 1.31 bits per heavy atom. The Hall–Kier alpha value is -2.74. The highest BCUT2D eigenvalue weighted by Gasteiger charge is 2.16. The van der Waals surface area contributed by atoms with Gasteiger partial charge in [-0.05, 0) is 31.5 Å². The third-order valence-electron chi connectivity index (χ3n) is 3.99. The van der Waals surface area contributed by atoms with Gasteiger partial charge in [0.25, 0.3) is 11.8 Å². The number of amides is 2. The van der Waals surface area contributed by atoms with E-state index in [0.717, 1.165) is 22.6 Å². The number of carbonyl (C=O) groups is 2. The Morgan fingerprint density at radius 3 is 2.85 bits per heavy atom. The molecule has 1 aliphatic heterocycles. The van der Waals surface area contributed by atoms with Gasteiger partial charge in [0.1, 0.15) is 0 Å². The Labute approximate surface area is 155 Å². The van der Waals surface area contributed by atoms with Gasteiger partial charge < -0.3 is 15.4 Å². The number of H-pyrrole nitrogens is 1. The predicted molar refractivity (Wildman–Crippen MR) is 101 cm³/mol. The van der Waals surface area contributed by atoms with Crippen LogP contribution in [0.1, 0.15) is 27.2 Å². The third kappa shape index (κ3) is 4.26. The first-order valence-electron chi connectivity index (χ1n) is 8.18. The van der Waals surface area contributed by atoms with Crippen molar-refractivity contribution in [2.75, 3.05) is 17.7 Å². The Balaban J connectivity index is 1.68. The lowest BCUT2D eigenvalue weighted by Gasteiger charge is -2.15. The van der Waals surface area contributed by atoms with Crippen LogP contribution in [0.2, 0.25) is 0 Å². The number of nitrogens with one attached hydrogen (secondary N) is 3. The van der Waals surface area contributed by atoms with E-state index < -0.39 is 0 Å². The minimum Gasteiger partial charge on any atom is -0.487 e. The van der Waals surface area contributed by atoms with E-state index in [1.54, 1.807) is 41.6 Å². The topological polar surface area (TPSA) is 96.1 Å². The van der Waals surface area contributed by atoms with E-state index in [1.807, 2.05) is 13.8 Å². The highest BCUT2D eigenvalue weighted by atomic mass is 32.2. The predicted octanol–water partition coefficient (Wildman–Crippen LogP) is 2.50. The lowest BCUT2D eigenvalue weighted by Crippen LogP contribution is -2.24. The molecule has 7 nitrogen and oxygen atoms in total. The van der Waals surface area contributed by atoms with Crippen LogP contribution in [0.5, 0.6) is 0 Å². The molecular weight excluding hydrogens is 352 g/mol. The zero-order chi connectivity index (χ0) is 18.5. The van der Waals surface area contributed by atoms with E-state index in [0.29, 0.717) is 30.2 Å². The molecule has 1 aromatic heterocycles. The van der Waals surface area contributed by atoms with Crippen molar-refractivity contribution in [3.05, 3.63) is 57.9 Å². The van der Waals surface area contributed by atoms with Gasteiger partial charge in [0, 0.05) is 40.2 Å². The van der Waals surface area contributed by atoms with E-state index in [4.69, 9.17) is 4.74 Å². The molecule has 0 saturated carbocycles. The molecule has 0 spiro atoms. The minimum atomic E-state index is -0.313. The molecule has 0 atom stereocenters. The molecule has 3 rings (SSSR count). The molecule has 1 aromatic carbocycles. The third-order valence-corrected chi connectivity index (χ3v) is 4.78. The summed E-state index contributed by atoms with van der Waals surface area (Å²) < 4.78 is 5.36. The summed E-state index contributed by atoms with van der Waals surface area (Å²) in [6, 6.07) is 5.20. The number of thioether (sulfide) groups is 1. The number of aromatic nitrogens is 2. The first kappa shape index (κ1) is 18.1. The van der Waals surface area contributed by atoms with Crippen LogP contribution in [0.25, 0.3) is 0 Å². The minimum absolute atomic E-state index is 0.218. The first-order chi connectivity index (χ1) is 12.5. The SMILES string of the molecule is Cc1ccc(C(=O)NCc2cn[nH]c2C)cc1NC(=O)C1=CSCCO1. The summed E-state index contributed by atoms with van der Waals surface area (Å²) in [4.78, 5) is 24.7. The van der Waals surface area contributed by atoms with Crippen LogP contribution < -0.4 is 10.6 Å². The summed E-state index contributed by atoms with van der Waals surface area (Å²) in [5.41, 5.74) is 3.77. The summed E-state index contributed by atoms with van der Waals surface area (Å²) in [5.74, 6) is 0.601. The van der Waals surface area contributed by atoms with E-state index in [2.05, 4.69) is 20.8 Å². The van der Waals surface area contributed by atoms with Crippen molar-refractivity contribution >= 4 is 29.3 Å². The second-order valence-electron chi connectivity index (χ2n) is 5.89. The van der Waals surface area contributed by atoms with E-state index in [1.165, 1.54) is 0 Å². The highest BCUT2D eigenvalue weighted by molar-refractivity contribution is 8.02. The molecule has 26 heavy (non-hydrogen) atoms. The van der Waals surface area contributed by atoms with Gasteiger partial charge in [0.05, 0.1) is 12.8 Å². The maximum atomic E-state index is 12.4. The first-order valence-corrected chi connectivity index (χ1v) is 9.23. The van der Waals surface area contributed by atoms with E-state index >= 15 is 0 Å². The number of benzene rings is 1. The number of anilines is 1. The fourth-order valence-corrected chi connectivity index (χ4v) is 3.02. The maximum absolute atomic E-state index is 12.4. The number of aryl methyl sites for hydroxylation is 2. The Morgan fingerprint density at radius 2 is 2.15 bits per heavy atom. The number of aromatic amines is 1. The van der Waals surface area contributed by atoms with Crippen molar-refractivity contribution in [2.45, 2.75) is 20.4 Å². The quantitative estimate of drug-likeness (QED) is 0.749. The number of rotatable bonds is 5. The number of hydrogen-bond donors (Lipinski definition) is 3. The lowest BCUT2D eigenvalue weighted by atomic mass is 10.1. The van der Waals surface area contributed by atoms with Crippen molar-refractivity contribution < 1.29 is 14.3 Å². The van der Waals surface area contributed by atoms with Gasteiger partial charge in [-0.1, -0.05) is 6.07 Å². The molecule has 0 saturated heterocycles. The van der Waals surface area contributed by atoms with Crippen LogP contribution >= 0.6 is 11.8 Å². The fraction of sp³-hybridized carbons (Fsp3) is 0.278. The molecule has 2 heterocycles. The molecule has 1 aliphatic rings. The van der Waals surface area contributed by atoms with Gasteiger partial charge in [-0.3, -0.25) is 14.7 Å². The van der Waals surface area contributed by atoms with Crippen molar-refractivity contribution in [3.8, 4) is 0 Å². The zero-order valence-electron chi connectivity index (χ0n) is 14.6. The second-order valence-corrected chi connectivity index (χ2v) is 6.87. The standard InChI is InChI=1S/C18H20N4O3S/c1-11-3-4-13(17(23)19-8-14-9-20-22-12(14)2)7-15(11)21-18(24)16-10-26-6-5-25-16/h3-4,7,9-10H,5-6,8H2,1-2H3,(H,19,23)(H,20,22)(H,21,24). The monoisotopic (exact) mass is 372 g/mol. The normalized spacial score (nSPS) is 13.5. The zero-order valence-corrected chi connectivity index (χ0v) is 15.4. The number of hydrogen-bond acceptors (Lipinski definition) is 5. The van der Waals surface area contributed by atoms with Crippen LogP contribution in [-0.4, -0.2) is 34.4 Å². The molecule has 0 unspecified atom stereocenters. The van der Waals surface area contributed by atoms with Crippen molar-refractivity contribution in [1.29, 1.82) is 0 Å². The number of nitrogens with zero attached hydrogens (tertiary/aromatic N) is 1. The molecule has 2 amide bonds. The largest absolute Gasteiger partial charge is 0.487 e. The Bertz CT molecular complexity index is 860. The molecule has 136 valence electrons. The van der Waals surface area contributed by atoms with Crippen LogP contribution in [-0.2, 0) is 16.1 Å². The highest BCUT2D eigenvalue weighted by Crippen LogP contribution is 2.21. The van der Waals surface area contributed by atoms with Crippen molar-refractivity contribution in [1.82, 2.24) is 15.5 Å². The summed E-state index contributed by atoms with van der Waals surface area (Å²) in [6.45, 7) is 4.67. The van der Waals surface area contributed by atoms with Crippen LogP contribution in [0.15, 0.2) is 35.6 Å².